The van der Waals surface area contributed by atoms with Gasteiger partial charge in [-0.25, -0.2) is 0 Å². The van der Waals surface area contributed by atoms with E-state index in [-0.39, 0.29) is 30.4 Å². The van der Waals surface area contributed by atoms with E-state index in [1.54, 1.807) is 0 Å². The average Bonchev–Trinajstić information content (AvgIpc) is 2.87. The van der Waals surface area contributed by atoms with Gasteiger partial charge in [-0.1, -0.05) is 12.1 Å². The molecular formula is C21H30BNO5. The first-order valence-corrected chi connectivity index (χ1v) is 9.76. The van der Waals surface area contributed by atoms with Gasteiger partial charge in [0, 0.05) is 6.42 Å². The molecule has 1 atom stereocenters. The molecule has 6 nitrogen and oxygen atoms in total. The molecule has 0 radical (unpaired) electrons. The summed E-state index contributed by atoms with van der Waals surface area (Å²) in [5, 5.41) is 3.39. The van der Waals surface area contributed by atoms with Gasteiger partial charge >= 0.3 is 13.1 Å². The van der Waals surface area contributed by atoms with Crippen molar-refractivity contribution in [3.05, 3.63) is 29.2 Å². The van der Waals surface area contributed by atoms with Crippen LogP contribution in [0.2, 0.25) is 0 Å². The topological polar surface area (TPSA) is 66.0 Å². The Labute approximate surface area is 167 Å². The SMILES string of the molecule is COC(=O)CC[C@H]1CNc2cc(/C=C(\C)B3OC(C)(C)C(C)(C)O3)ccc2O1. The van der Waals surface area contributed by atoms with E-state index in [9.17, 15) is 4.79 Å². The number of hydrogen-bond donors (Lipinski definition) is 1. The summed E-state index contributed by atoms with van der Waals surface area (Å²) in [6.07, 6.45) is 3.01. The summed E-state index contributed by atoms with van der Waals surface area (Å²) in [6.45, 7) is 10.9. The van der Waals surface area contributed by atoms with Crippen molar-refractivity contribution in [1.82, 2.24) is 0 Å². The molecule has 2 aliphatic rings. The Morgan fingerprint density at radius 1 is 1.29 bits per heavy atom. The lowest BCUT2D eigenvalue weighted by atomic mass is 9.78. The van der Waals surface area contributed by atoms with Crippen molar-refractivity contribution in [2.24, 2.45) is 0 Å². The van der Waals surface area contributed by atoms with Crippen molar-refractivity contribution in [1.29, 1.82) is 0 Å². The number of esters is 1. The monoisotopic (exact) mass is 387 g/mol. The highest BCUT2D eigenvalue weighted by molar-refractivity contribution is 6.55. The molecule has 3 rings (SSSR count). The third kappa shape index (κ3) is 4.36. The van der Waals surface area contributed by atoms with Gasteiger partial charge in [-0.05, 0) is 64.2 Å². The second kappa shape index (κ2) is 7.80. The van der Waals surface area contributed by atoms with Gasteiger partial charge in [0.1, 0.15) is 11.9 Å². The Morgan fingerprint density at radius 3 is 2.61 bits per heavy atom. The fraction of sp³-hybridized carbons (Fsp3) is 0.571. The Balaban J connectivity index is 1.66. The van der Waals surface area contributed by atoms with Crippen molar-refractivity contribution in [2.75, 3.05) is 19.0 Å². The lowest BCUT2D eigenvalue weighted by Gasteiger charge is -2.32. The summed E-state index contributed by atoms with van der Waals surface area (Å²) in [7, 11) is 1.05. The van der Waals surface area contributed by atoms with Gasteiger partial charge in [-0.15, -0.1) is 0 Å². The Hall–Kier alpha value is -1.99. The van der Waals surface area contributed by atoms with E-state index >= 15 is 0 Å². The number of ether oxygens (including phenoxy) is 2. The minimum Gasteiger partial charge on any atom is -0.486 e. The molecule has 0 aliphatic carbocycles. The van der Waals surface area contributed by atoms with Crippen LogP contribution in [-0.2, 0) is 18.8 Å². The fourth-order valence-corrected chi connectivity index (χ4v) is 3.23. The number of carbonyl (C=O) groups excluding carboxylic acids is 1. The highest BCUT2D eigenvalue weighted by Gasteiger charge is 2.51. The zero-order valence-electron chi connectivity index (χ0n) is 17.6. The van der Waals surface area contributed by atoms with E-state index in [2.05, 4.69) is 49.9 Å². The van der Waals surface area contributed by atoms with Crippen molar-refractivity contribution in [2.45, 2.75) is 64.8 Å². The van der Waals surface area contributed by atoms with Crippen LogP contribution in [0.5, 0.6) is 5.75 Å². The number of benzene rings is 1. The molecule has 152 valence electrons. The summed E-state index contributed by atoms with van der Waals surface area (Å²) in [6, 6.07) is 6.02. The van der Waals surface area contributed by atoms with Crippen LogP contribution in [0.4, 0.5) is 5.69 Å². The van der Waals surface area contributed by atoms with E-state index in [1.165, 1.54) is 7.11 Å². The smallest absolute Gasteiger partial charge is 0.486 e. The second-order valence-corrected chi connectivity index (χ2v) is 8.47. The van der Waals surface area contributed by atoms with E-state index in [4.69, 9.17) is 14.0 Å². The maximum absolute atomic E-state index is 11.3. The van der Waals surface area contributed by atoms with Gasteiger partial charge in [0.25, 0.3) is 0 Å². The van der Waals surface area contributed by atoms with Crippen molar-refractivity contribution in [3.8, 4) is 5.75 Å². The van der Waals surface area contributed by atoms with Crippen molar-refractivity contribution < 1.29 is 23.6 Å². The predicted molar refractivity (Wildman–Crippen MR) is 110 cm³/mol. The van der Waals surface area contributed by atoms with Crippen LogP contribution in [0.1, 0.15) is 53.0 Å². The average molecular weight is 387 g/mol. The zero-order valence-corrected chi connectivity index (χ0v) is 17.6. The van der Waals surface area contributed by atoms with Gasteiger partial charge < -0.3 is 24.1 Å². The highest BCUT2D eigenvalue weighted by atomic mass is 16.7. The summed E-state index contributed by atoms with van der Waals surface area (Å²) < 4.78 is 22.9. The summed E-state index contributed by atoms with van der Waals surface area (Å²) in [4.78, 5) is 11.3. The largest absolute Gasteiger partial charge is 0.490 e. The first-order valence-electron chi connectivity index (χ1n) is 9.76. The lowest BCUT2D eigenvalue weighted by molar-refractivity contribution is -0.141. The van der Waals surface area contributed by atoms with E-state index in [0.717, 1.165) is 22.5 Å². The van der Waals surface area contributed by atoms with E-state index in [1.807, 2.05) is 19.1 Å². The molecule has 1 aromatic rings. The predicted octanol–water partition coefficient (Wildman–Crippen LogP) is 3.85. The first-order chi connectivity index (χ1) is 13.1. The van der Waals surface area contributed by atoms with Crippen LogP contribution in [0.15, 0.2) is 23.7 Å². The molecule has 7 heteroatoms. The summed E-state index contributed by atoms with van der Waals surface area (Å²) in [5.74, 6) is 0.583. The highest BCUT2D eigenvalue weighted by Crippen LogP contribution is 2.39. The van der Waals surface area contributed by atoms with E-state index in [0.29, 0.717) is 19.4 Å². The van der Waals surface area contributed by atoms with Crippen molar-refractivity contribution in [3.63, 3.8) is 0 Å². The van der Waals surface area contributed by atoms with Crippen LogP contribution < -0.4 is 10.1 Å². The fourth-order valence-electron chi connectivity index (χ4n) is 3.23. The number of hydrogen-bond acceptors (Lipinski definition) is 6. The molecule has 28 heavy (non-hydrogen) atoms. The third-order valence-electron chi connectivity index (χ3n) is 5.73. The van der Waals surface area contributed by atoms with Gasteiger partial charge in [0.05, 0.1) is 30.5 Å². The normalized spacial score (nSPS) is 22.9. The molecule has 2 aliphatic heterocycles. The Kier molecular flexibility index (Phi) is 5.78. The van der Waals surface area contributed by atoms with Crippen LogP contribution in [0, 0.1) is 0 Å². The molecule has 0 spiro atoms. The molecule has 0 bridgehead atoms. The van der Waals surface area contributed by atoms with Crippen LogP contribution in [-0.4, -0.2) is 44.0 Å². The lowest BCUT2D eigenvalue weighted by Crippen LogP contribution is -2.41. The molecule has 1 saturated heterocycles. The standard InChI is InChI=1S/C21H30BNO5/c1-14(22-27-20(2,3)21(4,5)28-22)11-15-7-9-18-17(12-15)23-13-16(26-18)8-10-19(24)25-6/h7,9,11-12,16,23H,8,10,13H2,1-6H3/b14-11+/t16-/m0/s1. The minimum atomic E-state index is -0.354. The van der Waals surface area contributed by atoms with Gasteiger partial charge in [-0.3, -0.25) is 4.79 Å². The van der Waals surface area contributed by atoms with Gasteiger partial charge in [0.2, 0.25) is 0 Å². The second-order valence-electron chi connectivity index (χ2n) is 8.47. The molecule has 1 N–H and O–H groups in total. The molecule has 0 aromatic heterocycles. The number of nitrogens with one attached hydrogen (secondary N) is 1. The van der Waals surface area contributed by atoms with Crippen LogP contribution in [0.3, 0.4) is 0 Å². The maximum atomic E-state index is 11.3. The molecular weight excluding hydrogens is 357 g/mol. The molecule has 0 amide bonds. The molecule has 1 fully saturated rings. The number of fused-ring (bicyclic) bond motifs is 1. The van der Waals surface area contributed by atoms with Crippen LogP contribution in [0.25, 0.3) is 6.08 Å². The van der Waals surface area contributed by atoms with Gasteiger partial charge in [-0.2, -0.15) is 0 Å². The Morgan fingerprint density at radius 2 is 1.96 bits per heavy atom. The zero-order chi connectivity index (χ0) is 20.5. The number of anilines is 1. The third-order valence-corrected chi connectivity index (χ3v) is 5.73. The maximum Gasteiger partial charge on any atom is 0.490 e. The number of allylic oxidation sites excluding steroid dienone is 1. The number of methoxy groups -OCH3 is 1. The molecule has 1 aromatic carbocycles. The summed E-state index contributed by atoms with van der Waals surface area (Å²) in [5.41, 5.74) is 2.32. The number of rotatable bonds is 5. The molecule has 2 heterocycles. The minimum absolute atomic E-state index is 0.0421. The number of carbonyl (C=O) groups is 1. The first kappa shape index (κ1) is 20.7. The summed E-state index contributed by atoms with van der Waals surface area (Å²) >= 11 is 0. The molecule has 0 unspecified atom stereocenters. The molecule has 0 saturated carbocycles. The van der Waals surface area contributed by atoms with Gasteiger partial charge in [0.15, 0.2) is 0 Å². The van der Waals surface area contributed by atoms with Crippen LogP contribution >= 0.6 is 0 Å². The van der Waals surface area contributed by atoms with Crippen molar-refractivity contribution >= 4 is 24.9 Å². The Bertz CT molecular complexity index is 758. The van der Waals surface area contributed by atoms with E-state index < -0.39 is 0 Å². The quantitative estimate of drug-likeness (QED) is 0.612.